The zero-order valence-corrected chi connectivity index (χ0v) is 13.1. The van der Waals surface area contributed by atoms with E-state index in [1.165, 1.54) is 12.7 Å². The quantitative estimate of drug-likeness (QED) is 0.807. The van der Waals surface area contributed by atoms with Gasteiger partial charge in [0.25, 0.3) is 0 Å². The summed E-state index contributed by atoms with van der Waals surface area (Å²) in [5.41, 5.74) is 7.14. The second kappa shape index (κ2) is 5.26. The van der Waals surface area contributed by atoms with Gasteiger partial charge in [0.2, 0.25) is 0 Å². The number of nitrogens with one attached hydrogen (secondary N) is 1. The van der Waals surface area contributed by atoms with E-state index in [9.17, 15) is 8.42 Å². The predicted octanol–water partition coefficient (Wildman–Crippen LogP) is 1.57. The van der Waals surface area contributed by atoms with Crippen molar-refractivity contribution in [1.82, 2.24) is 4.90 Å². The minimum Gasteiger partial charge on any atom is -0.396 e. The molecule has 2 rings (SSSR count). The number of nitrogens with two attached hydrogens (primary N) is 1. The molecule has 0 atom stereocenters. The van der Waals surface area contributed by atoms with E-state index in [0.717, 1.165) is 19.4 Å². The molecule has 1 aliphatic rings. The van der Waals surface area contributed by atoms with Crippen LogP contribution in [0.5, 0.6) is 0 Å². The molecule has 1 aliphatic carbocycles. The van der Waals surface area contributed by atoms with Crippen molar-refractivity contribution in [2.75, 3.05) is 37.9 Å². The fraction of sp³-hybridized carbons (Fsp3) is 0.571. The molecular weight excluding hydrogens is 274 g/mol. The van der Waals surface area contributed by atoms with Gasteiger partial charge < -0.3 is 16.0 Å². The Balaban J connectivity index is 2.19. The second-order valence-corrected chi connectivity index (χ2v) is 7.80. The molecule has 0 amide bonds. The Morgan fingerprint density at radius 2 is 2.00 bits per heavy atom. The Morgan fingerprint density at radius 3 is 2.45 bits per heavy atom. The van der Waals surface area contributed by atoms with E-state index in [1.807, 2.05) is 6.07 Å². The van der Waals surface area contributed by atoms with Crippen molar-refractivity contribution in [3.63, 3.8) is 0 Å². The van der Waals surface area contributed by atoms with Crippen LogP contribution in [-0.2, 0) is 9.84 Å². The van der Waals surface area contributed by atoms with Crippen molar-refractivity contribution >= 4 is 21.2 Å². The van der Waals surface area contributed by atoms with Crippen LogP contribution >= 0.6 is 0 Å². The van der Waals surface area contributed by atoms with Gasteiger partial charge in [-0.2, -0.15) is 0 Å². The molecule has 0 spiro atoms. The number of likely N-dealkylation sites (N-methyl/N-ethyl adjacent to an activating group) is 1. The Kier molecular flexibility index (Phi) is 3.97. The lowest BCUT2D eigenvalue weighted by atomic mass is 9.75. The van der Waals surface area contributed by atoms with Gasteiger partial charge in [-0.25, -0.2) is 8.42 Å². The summed E-state index contributed by atoms with van der Waals surface area (Å²) in [6, 6.07) is 5.09. The monoisotopic (exact) mass is 297 g/mol. The van der Waals surface area contributed by atoms with Crippen LogP contribution in [0.25, 0.3) is 0 Å². The van der Waals surface area contributed by atoms with Crippen molar-refractivity contribution in [1.29, 1.82) is 0 Å². The highest BCUT2D eigenvalue weighted by Crippen LogP contribution is 2.37. The fourth-order valence-electron chi connectivity index (χ4n) is 2.65. The van der Waals surface area contributed by atoms with Gasteiger partial charge in [0, 0.05) is 18.3 Å². The van der Waals surface area contributed by atoms with Gasteiger partial charge in [0.05, 0.1) is 16.3 Å². The number of sulfone groups is 1. The van der Waals surface area contributed by atoms with Gasteiger partial charge in [-0.1, -0.05) is 6.07 Å². The third kappa shape index (κ3) is 2.76. The van der Waals surface area contributed by atoms with Gasteiger partial charge >= 0.3 is 0 Å². The van der Waals surface area contributed by atoms with Crippen molar-refractivity contribution in [2.45, 2.75) is 29.7 Å². The van der Waals surface area contributed by atoms with Crippen LogP contribution in [0.1, 0.15) is 19.3 Å². The first-order valence-corrected chi connectivity index (χ1v) is 8.65. The number of hydrogen-bond acceptors (Lipinski definition) is 5. The summed E-state index contributed by atoms with van der Waals surface area (Å²) in [6.45, 7) is 0.775. The molecule has 1 saturated carbocycles. The van der Waals surface area contributed by atoms with Crippen LogP contribution in [-0.4, -0.2) is 45.8 Å². The fourth-order valence-corrected chi connectivity index (χ4v) is 3.48. The number of nitrogens with zero attached hydrogens (tertiary/aromatic N) is 1. The molecule has 0 aromatic heterocycles. The molecule has 1 aromatic rings. The maximum atomic E-state index is 11.7. The molecule has 0 saturated heterocycles. The topological polar surface area (TPSA) is 75.4 Å². The van der Waals surface area contributed by atoms with Gasteiger partial charge in [0.15, 0.2) is 9.84 Å². The zero-order chi connectivity index (χ0) is 15.0. The smallest absolute Gasteiger partial charge is 0.177 e. The summed E-state index contributed by atoms with van der Waals surface area (Å²) >= 11 is 0. The van der Waals surface area contributed by atoms with Gasteiger partial charge in [-0.3, -0.25) is 0 Å². The van der Waals surface area contributed by atoms with Crippen LogP contribution in [0.4, 0.5) is 11.4 Å². The molecule has 3 N–H and O–H groups in total. The molecule has 20 heavy (non-hydrogen) atoms. The summed E-state index contributed by atoms with van der Waals surface area (Å²) in [5, 5.41) is 3.32. The molecule has 0 heterocycles. The number of para-hydroxylation sites is 1. The Labute approximate surface area is 121 Å². The Hall–Kier alpha value is -1.27. The molecule has 112 valence electrons. The molecule has 1 fully saturated rings. The van der Waals surface area contributed by atoms with Crippen molar-refractivity contribution < 1.29 is 8.42 Å². The number of hydrogen-bond donors (Lipinski definition) is 2. The maximum absolute atomic E-state index is 11.7. The predicted molar refractivity (Wildman–Crippen MR) is 82.7 cm³/mol. The van der Waals surface area contributed by atoms with E-state index in [0.29, 0.717) is 11.4 Å². The highest BCUT2D eigenvalue weighted by Gasteiger charge is 2.38. The van der Waals surface area contributed by atoms with E-state index in [-0.39, 0.29) is 10.4 Å². The average Bonchev–Trinajstić information content (AvgIpc) is 2.27. The molecule has 0 bridgehead atoms. The van der Waals surface area contributed by atoms with Crippen LogP contribution < -0.4 is 11.1 Å². The minimum absolute atomic E-state index is 0.160. The SMILES string of the molecule is CN(C)C1(CNc2cccc(S(C)(=O)=O)c2N)CCC1. The summed E-state index contributed by atoms with van der Waals surface area (Å²) in [5.74, 6) is 0. The highest BCUT2D eigenvalue weighted by atomic mass is 32.2. The van der Waals surface area contributed by atoms with Crippen LogP contribution in [0.3, 0.4) is 0 Å². The van der Waals surface area contributed by atoms with E-state index in [4.69, 9.17) is 5.73 Å². The molecule has 5 nitrogen and oxygen atoms in total. The van der Waals surface area contributed by atoms with Gasteiger partial charge in [-0.05, 0) is 45.5 Å². The lowest BCUT2D eigenvalue weighted by Gasteiger charge is -2.47. The molecule has 0 unspecified atom stereocenters. The first-order valence-electron chi connectivity index (χ1n) is 6.76. The number of benzene rings is 1. The van der Waals surface area contributed by atoms with Crippen LogP contribution in [0.2, 0.25) is 0 Å². The first kappa shape index (κ1) is 15.1. The van der Waals surface area contributed by atoms with Gasteiger partial charge in [-0.15, -0.1) is 0 Å². The summed E-state index contributed by atoms with van der Waals surface area (Å²) in [6.07, 6.45) is 4.71. The summed E-state index contributed by atoms with van der Waals surface area (Å²) in [4.78, 5) is 2.43. The molecule has 1 aromatic carbocycles. The summed E-state index contributed by atoms with van der Waals surface area (Å²) in [7, 11) is 0.868. The Bertz CT molecular complexity index is 592. The molecular formula is C14H23N3O2S. The first-order chi connectivity index (χ1) is 9.26. The van der Waals surface area contributed by atoms with Crippen molar-refractivity contribution in [2.24, 2.45) is 0 Å². The number of rotatable bonds is 5. The third-order valence-corrected chi connectivity index (χ3v) is 5.46. The van der Waals surface area contributed by atoms with Crippen LogP contribution in [0.15, 0.2) is 23.1 Å². The van der Waals surface area contributed by atoms with E-state index < -0.39 is 9.84 Å². The van der Waals surface area contributed by atoms with Gasteiger partial charge in [0.1, 0.15) is 0 Å². The van der Waals surface area contributed by atoms with Crippen molar-refractivity contribution in [3.05, 3.63) is 18.2 Å². The third-order valence-electron chi connectivity index (χ3n) is 4.31. The van der Waals surface area contributed by atoms with Crippen LogP contribution in [0, 0.1) is 0 Å². The standard InChI is InChI=1S/C14H23N3O2S/c1-17(2)14(8-5-9-14)10-16-11-6-4-7-12(13(11)15)20(3,18)19/h4,6-7,16H,5,8-10,15H2,1-3H3. The Morgan fingerprint density at radius 1 is 1.35 bits per heavy atom. The van der Waals surface area contributed by atoms with Crippen molar-refractivity contribution in [3.8, 4) is 0 Å². The number of nitrogen functional groups attached to an aromatic ring is 1. The number of anilines is 2. The zero-order valence-electron chi connectivity index (χ0n) is 12.3. The normalized spacial score (nSPS) is 17.8. The lowest BCUT2D eigenvalue weighted by molar-refractivity contribution is 0.0739. The lowest BCUT2D eigenvalue weighted by Crippen LogP contribution is -2.54. The average molecular weight is 297 g/mol. The molecule has 6 heteroatoms. The highest BCUT2D eigenvalue weighted by molar-refractivity contribution is 7.90. The van der Waals surface area contributed by atoms with E-state index in [2.05, 4.69) is 24.3 Å². The largest absolute Gasteiger partial charge is 0.396 e. The maximum Gasteiger partial charge on any atom is 0.177 e. The second-order valence-electron chi connectivity index (χ2n) is 5.82. The molecule has 0 aliphatic heterocycles. The van der Waals surface area contributed by atoms with E-state index >= 15 is 0 Å². The minimum atomic E-state index is -3.29. The van der Waals surface area contributed by atoms with E-state index in [1.54, 1.807) is 12.1 Å². The molecule has 0 radical (unpaired) electrons. The summed E-state index contributed by atoms with van der Waals surface area (Å²) < 4.78 is 23.3.